The Kier molecular flexibility index (Phi) is 3.60. The van der Waals surface area contributed by atoms with Crippen LogP contribution in [0.25, 0.3) is 0 Å². The number of nitriles is 1. The topological polar surface area (TPSA) is 58.4 Å². The lowest BCUT2D eigenvalue weighted by atomic mass is 9.93. The standard InChI is InChI=1S/C15H19N3O2/c1-12-9-18(14-5-2-4-13(8-16)17-14)10-15(20-12)6-3-7-19-11-15/h2,4-5,12H,3,6-7,9-11H2,1H3. The van der Waals surface area contributed by atoms with E-state index in [1.807, 2.05) is 12.1 Å². The minimum atomic E-state index is -0.222. The molecule has 5 nitrogen and oxygen atoms in total. The van der Waals surface area contributed by atoms with Crippen molar-refractivity contribution in [1.82, 2.24) is 4.98 Å². The average Bonchev–Trinajstić information content (AvgIpc) is 2.47. The highest BCUT2D eigenvalue weighted by Gasteiger charge is 2.41. The van der Waals surface area contributed by atoms with Crippen molar-refractivity contribution in [3.05, 3.63) is 23.9 Å². The molecule has 3 rings (SSSR count). The molecule has 0 bridgehead atoms. The van der Waals surface area contributed by atoms with E-state index in [4.69, 9.17) is 14.7 Å². The predicted molar refractivity (Wildman–Crippen MR) is 74.5 cm³/mol. The largest absolute Gasteiger partial charge is 0.378 e. The van der Waals surface area contributed by atoms with Gasteiger partial charge >= 0.3 is 0 Å². The number of pyridine rings is 1. The van der Waals surface area contributed by atoms with Crippen molar-refractivity contribution in [2.45, 2.75) is 31.5 Å². The minimum Gasteiger partial charge on any atom is -0.378 e. The van der Waals surface area contributed by atoms with Crippen molar-refractivity contribution in [2.75, 3.05) is 31.2 Å². The lowest BCUT2D eigenvalue weighted by Gasteiger charge is -2.47. The summed E-state index contributed by atoms with van der Waals surface area (Å²) in [6.45, 7) is 5.12. The van der Waals surface area contributed by atoms with Crippen LogP contribution >= 0.6 is 0 Å². The highest BCUT2D eigenvalue weighted by atomic mass is 16.6. The van der Waals surface area contributed by atoms with Crippen LogP contribution in [0.5, 0.6) is 0 Å². The Morgan fingerprint density at radius 1 is 1.50 bits per heavy atom. The number of ether oxygens (including phenoxy) is 2. The molecule has 0 amide bonds. The van der Waals surface area contributed by atoms with E-state index in [0.29, 0.717) is 12.3 Å². The Bertz CT molecular complexity index is 520. The molecule has 3 heterocycles. The van der Waals surface area contributed by atoms with Crippen molar-refractivity contribution in [2.24, 2.45) is 0 Å². The molecule has 2 unspecified atom stereocenters. The summed E-state index contributed by atoms with van der Waals surface area (Å²) in [4.78, 5) is 6.61. The van der Waals surface area contributed by atoms with Crippen LogP contribution in [0.3, 0.4) is 0 Å². The SMILES string of the molecule is CC1CN(c2cccc(C#N)n2)CC2(CCCOC2)O1. The van der Waals surface area contributed by atoms with Gasteiger partial charge in [0.2, 0.25) is 0 Å². The summed E-state index contributed by atoms with van der Waals surface area (Å²) in [5, 5.41) is 8.98. The first-order valence-electron chi connectivity index (χ1n) is 7.08. The Labute approximate surface area is 119 Å². The van der Waals surface area contributed by atoms with Crippen molar-refractivity contribution in [3.63, 3.8) is 0 Å². The van der Waals surface area contributed by atoms with Crippen LogP contribution in [0, 0.1) is 11.3 Å². The second-order valence-corrected chi connectivity index (χ2v) is 5.64. The van der Waals surface area contributed by atoms with Gasteiger partial charge in [-0.15, -0.1) is 0 Å². The van der Waals surface area contributed by atoms with Gasteiger partial charge in [0.25, 0.3) is 0 Å². The third-order valence-electron chi connectivity index (χ3n) is 3.87. The van der Waals surface area contributed by atoms with E-state index >= 15 is 0 Å². The molecule has 0 saturated carbocycles. The lowest BCUT2D eigenvalue weighted by Crippen LogP contribution is -2.58. The summed E-state index contributed by atoms with van der Waals surface area (Å²) in [5.74, 6) is 0.851. The van der Waals surface area contributed by atoms with E-state index in [-0.39, 0.29) is 11.7 Å². The van der Waals surface area contributed by atoms with E-state index in [1.54, 1.807) is 6.07 Å². The van der Waals surface area contributed by atoms with Crippen molar-refractivity contribution in [3.8, 4) is 6.07 Å². The summed E-state index contributed by atoms with van der Waals surface area (Å²) in [6, 6.07) is 7.66. The van der Waals surface area contributed by atoms with Crippen LogP contribution in [-0.2, 0) is 9.47 Å². The molecule has 0 N–H and O–H groups in total. The van der Waals surface area contributed by atoms with E-state index in [0.717, 1.165) is 38.4 Å². The molecule has 2 aliphatic rings. The fourth-order valence-corrected chi connectivity index (χ4v) is 3.10. The van der Waals surface area contributed by atoms with E-state index in [9.17, 15) is 0 Å². The summed E-state index contributed by atoms with van der Waals surface area (Å²) < 4.78 is 11.8. The summed E-state index contributed by atoms with van der Waals surface area (Å²) in [7, 11) is 0. The van der Waals surface area contributed by atoms with Gasteiger partial charge in [-0.25, -0.2) is 4.98 Å². The average molecular weight is 273 g/mol. The molecule has 2 fully saturated rings. The molecule has 2 saturated heterocycles. The second-order valence-electron chi connectivity index (χ2n) is 5.64. The smallest absolute Gasteiger partial charge is 0.142 e. The number of nitrogens with zero attached hydrogens (tertiary/aromatic N) is 3. The van der Waals surface area contributed by atoms with Gasteiger partial charge in [-0.2, -0.15) is 5.26 Å². The molecule has 2 aliphatic heterocycles. The third kappa shape index (κ3) is 2.62. The fourth-order valence-electron chi connectivity index (χ4n) is 3.10. The number of morpholine rings is 1. The zero-order chi connectivity index (χ0) is 14.0. The summed E-state index contributed by atoms with van der Waals surface area (Å²) in [5.41, 5.74) is 0.232. The first kappa shape index (κ1) is 13.3. The van der Waals surface area contributed by atoms with Crippen LogP contribution in [0.2, 0.25) is 0 Å². The lowest BCUT2D eigenvalue weighted by molar-refractivity contribution is -0.160. The summed E-state index contributed by atoms with van der Waals surface area (Å²) >= 11 is 0. The molecule has 0 radical (unpaired) electrons. The van der Waals surface area contributed by atoms with E-state index in [1.165, 1.54) is 0 Å². The van der Waals surface area contributed by atoms with Gasteiger partial charge < -0.3 is 14.4 Å². The van der Waals surface area contributed by atoms with E-state index < -0.39 is 0 Å². The Hall–Kier alpha value is -1.64. The van der Waals surface area contributed by atoms with Crippen LogP contribution in [-0.4, -0.2) is 43.0 Å². The zero-order valence-corrected chi connectivity index (χ0v) is 11.7. The molecular weight excluding hydrogens is 254 g/mol. The first-order chi connectivity index (χ1) is 9.71. The maximum atomic E-state index is 8.98. The highest BCUT2D eigenvalue weighted by Crippen LogP contribution is 2.31. The number of rotatable bonds is 1. The van der Waals surface area contributed by atoms with Gasteiger partial charge in [-0.1, -0.05) is 6.07 Å². The van der Waals surface area contributed by atoms with Crippen LogP contribution < -0.4 is 4.90 Å². The van der Waals surface area contributed by atoms with E-state index in [2.05, 4.69) is 22.9 Å². The minimum absolute atomic E-state index is 0.137. The van der Waals surface area contributed by atoms with Gasteiger partial charge in [-0.3, -0.25) is 0 Å². The monoisotopic (exact) mass is 273 g/mol. The highest BCUT2D eigenvalue weighted by molar-refractivity contribution is 5.43. The van der Waals surface area contributed by atoms with Gasteiger partial charge in [0.1, 0.15) is 23.2 Å². The molecule has 0 aromatic carbocycles. The molecule has 1 aromatic rings. The Morgan fingerprint density at radius 3 is 3.15 bits per heavy atom. The quantitative estimate of drug-likeness (QED) is 0.780. The van der Waals surface area contributed by atoms with Crippen molar-refractivity contribution in [1.29, 1.82) is 5.26 Å². The van der Waals surface area contributed by atoms with Gasteiger partial charge in [0.15, 0.2) is 0 Å². The molecule has 20 heavy (non-hydrogen) atoms. The number of aromatic nitrogens is 1. The zero-order valence-electron chi connectivity index (χ0n) is 11.7. The molecule has 2 atom stereocenters. The molecule has 5 heteroatoms. The molecule has 0 aliphatic carbocycles. The number of hydrogen-bond donors (Lipinski definition) is 0. The number of hydrogen-bond acceptors (Lipinski definition) is 5. The molecule has 1 spiro atoms. The number of anilines is 1. The molecule has 106 valence electrons. The maximum Gasteiger partial charge on any atom is 0.142 e. The van der Waals surface area contributed by atoms with Gasteiger partial charge in [0, 0.05) is 13.2 Å². The fraction of sp³-hybridized carbons (Fsp3) is 0.600. The van der Waals surface area contributed by atoms with Crippen molar-refractivity contribution < 1.29 is 9.47 Å². The molecule has 1 aromatic heterocycles. The normalized spacial score (nSPS) is 30.2. The maximum absolute atomic E-state index is 8.98. The first-order valence-corrected chi connectivity index (χ1v) is 7.08. The third-order valence-corrected chi connectivity index (χ3v) is 3.87. The Morgan fingerprint density at radius 2 is 2.40 bits per heavy atom. The summed E-state index contributed by atoms with van der Waals surface area (Å²) in [6.07, 6.45) is 2.19. The molecular formula is C15H19N3O2. The van der Waals surface area contributed by atoms with Gasteiger partial charge in [0.05, 0.1) is 19.3 Å². The Balaban J connectivity index is 1.83. The second kappa shape index (κ2) is 5.39. The van der Waals surface area contributed by atoms with Crippen LogP contribution in [0.4, 0.5) is 5.82 Å². The van der Waals surface area contributed by atoms with Crippen LogP contribution in [0.15, 0.2) is 18.2 Å². The van der Waals surface area contributed by atoms with Crippen molar-refractivity contribution >= 4 is 5.82 Å². The predicted octanol–water partition coefficient (Wildman–Crippen LogP) is 1.73. The van der Waals surface area contributed by atoms with Crippen LogP contribution in [0.1, 0.15) is 25.5 Å². The van der Waals surface area contributed by atoms with Gasteiger partial charge in [-0.05, 0) is 31.9 Å².